The number of hydrogen-bond acceptors (Lipinski definition) is 4. The van der Waals surface area contributed by atoms with Gasteiger partial charge in [0.25, 0.3) is 0 Å². The number of halogens is 1. The first-order valence-electron chi connectivity index (χ1n) is 7.05. The van der Waals surface area contributed by atoms with Crippen LogP contribution in [0.4, 0.5) is 5.69 Å². The van der Waals surface area contributed by atoms with Crippen LogP contribution in [0.25, 0.3) is 0 Å². The first-order chi connectivity index (χ1) is 11.2. The van der Waals surface area contributed by atoms with Crippen LogP contribution in [-0.2, 0) is 11.2 Å². The molecule has 0 bridgehead atoms. The van der Waals surface area contributed by atoms with Crippen molar-refractivity contribution in [2.75, 3.05) is 5.32 Å². The third-order valence-electron chi connectivity index (χ3n) is 3.37. The second kappa shape index (κ2) is 7.15. The summed E-state index contributed by atoms with van der Waals surface area (Å²) in [7, 11) is 0. The molecule has 1 heterocycles. The van der Waals surface area contributed by atoms with Gasteiger partial charge in [0, 0.05) is 16.6 Å². The Balaban J connectivity index is 1.80. The molecule has 3 rings (SSSR count). The lowest BCUT2D eigenvalue weighted by atomic mass is 10.1. The summed E-state index contributed by atoms with van der Waals surface area (Å²) in [4.78, 5) is 12.7. The number of carbonyl (C=O) groups excluding carboxylic acids is 1. The Bertz CT molecular complexity index is 759. The number of nitrogens with zero attached hydrogens (tertiary/aromatic N) is 4. The van der Waals surface area contributed by atoms with E-state index >= 15 is 0 Å². The third kappa shape index (κ3) is 4.01. The molecular weight excluding hydrogens is 358 g/mol. The van der Waals surface area contributed by atoms with Crippen molar-refractivity contribution in [1.82, 2.24) is 20.2 Å². The fraction of sp³-hybridized carbons (Fsp3) is 0.125. The van der Waals surface area contributed by atoms with Gasteiger partial charge in [0.15, 0.2) is 0 Å². The molecule has 0 saturated heterocycles. The van der Waals surface area contributed by atoms with E-state index in [4.69, 9.17) is 0 Å². The van der Waals surface area contributed by atoms with E-state index in [0.29, 0.717) is 6.42 Å². The average Bonchev–Trinajstić information content (AvgIpc) is 3.10. The topological polar surface area (TPSA) is 72.7 Å². The van der Waals surface area contributed by atoms with E-state index in [2.05, 4.69) is 36.8 Å². The van der Waals surface area contributed by atoms with Gasteiger partial charge in [-0.2, -0.15) is 0 Å². The molecule has 1 aromatic heterocycles. The lowest BCUT2D eigenvalue weighted by Gasteiger charge is -2.16. The highest BCUT2D eigenvalue weighted by Crippen LogP contribution is 2.18. The molecule has 1 N–H and O–H groups in total. The molecule has 0 fully saturated rings. The summed E-state index contributed by atoms with van der Waals surface area (Å²) in [5.74, 6) is -0.163. The van der Waals surface area contributed by atoms with Crippen LogP contribution in [0, 0.1) is 0 Å². The second-order valence-electron chi connectivity index (χ2n) is 4.99. The summed E-state index contributed by atoms with van der Waals surface area (Å²) >= 11 is 3.37. The highest BCUT2D eigenvalue weighted by Gasteiger charge is 2.22. The van der Waals surface area contributed by atoms with Crippen molar-refractivity contribution in [3.05, 3.63) is 71.0 Å². The second-order valence-corrected chi connectivity index (χ2v) is 5.91. The molecule has 7 heteroatoms. The molecule has 116 valence electrons. The van der Waals surface area contributed by atoms with Crippen molar-refractivity contribution in [3.63, 3.8) is 0 Å². The molecule has 0 aliphatic carbocycles. The maximum Gasteiger partial charge on any atom is 0.249 e. The zero-order valence-electron chi connectivity index (χ0n) is 12.1. The van der Waals surface area contributed by atoms with E-state index in [0.717, 1.165) is 15.7 Å². The van der Waals surface area contributed by atoms with Gasteiger partial charge in [0.2, 0.25) is 5.91 Å². The Hall–Kier alpha value is -2.54. The van der Waals surface area contributed by atoms with Gasteiger partial charge < -0.3 is 5.32 Å². The predicted octanol–water partition coefficient (Wildman–Crippen LogP) is 2.86. The minimum absolute atomic E-state index is 0.163. The normalized spacial score (nSPS) is 11.9. The van der Waals surface area contributed by atoms with Gasteiger partial charge in [-0.1, -0.05) is 46.3 Å². The number of amides is 1. The number of tetrazole rings is 1. The van der Waals surface area contributed by atoms with Gasteiger partial charge in [0.1, 0.15) is 12.4 Å². The van der Waals surface area contributed by atoms with E-state index in [1.165, 1.54) is 11.0 Å². The predicted molar refractivity (Wildman–Crippen MR) is 89.8 cm³/mol. The molecule has 2 aromatic carbocycles. The summed E-state index contributed by atoms with van der Waals surface area (Å²) in [5.41, 5.74) is 1.77. The highest BCUT2D eigenvalue weighted by atomic mass is 79.9. The number of aromatic nitrogens is 4. The van der Waals surface area contributed by atoms with Crippen LogP contribution in [-0.4, -0.2) is 26.1 Å². The van der Waals surface area contributed by atoms with Gasteiger partial charge in [-0.15, -0.1) is 5.10 Å². The fourth-order valence-corrected chi connectivity index (χ4v) is 2.48. The molecule has 3 aromatic rings. The van der Waals surface area contributed by atoms with Gasteiger partial charge in [-0.05, 0) is 40.3 Å². The summed E-state index contributed by atoms with van der Waals surface area (Å²) in [5, 5.41) is 14.0. The number of benzene rings is 2. The maximum absolute atomic E-state index is 12.7. The van der Waals surface area contributed by atoms with Crippen molar-refractivity contribution >= 4 is 27.5 Å². The smallest absolute Gasteiger partial charge is 0.249 e. The van der Waals surface area contributed by atoms with Gasteiger partial charge in [0.05, 0.1) is 0 Å². The monoisotopic (exact) mass is 371 g/mol. The quantitative estimate of drug-likeness (QED) is 0.748. The Morgan fingerprint density at radius 3 is 2.52 bits per heavy atom. The zero-order chi connectivity index (χ0) is 16.1. The van der Waals surface area contributed by atoms with Crippen LogP contribution < -0.4 is 5.32 Å². The molecule has 0 spiro atoms. The number of nitrogens with one attached hydrogen (secondary N) is 1. The van der Waals surface area contributed by atoms with E-state index in [1.807, 2.05) is 54.6 Å². The van der Waals surface area contributed by atoms with Crippen LogP contribution in [0.2, 0.25) is 0 Å². The summed E-state index contributed by atoms with van der Waals surface area (Å²) < 4.78 is 2.43. The first kappa shape index (κ1) is 15.4. The number of anilines is 1. The van der Waals surface area contributed by atoms with Crippen LogP contribution in [0.5, 0.6) is 0 Å². The van der Waals surface area contributed by atoms with Crippen molar-refractivity contribution in [1.29, 1.82) is 0 Å². The van der Waals surface area contributed by atoms with Crippen LogP contribution >= 0.6 is 15.9 Å². The maximum atomic E-state index is 12.7. The number of rotatable bonds is 5. The number of hydrogen-bond donors (Lipinski definition) is 1. The minimum Gasteiger partial charge on any atom is -0.324 e. The van der Waals surface area contributed by atoms with Crippen LogP contribution in [0.1, 0.15) is 11.6 Å². The summed E-state index contributed by atoms with van der Waals surface area (Å²) in [6, 6.07) is 16.7. The molecule has 6 nitrogen and oxygen atoms in total. The third-order valence-corrected chi connectivity index (χ3v) is 3.90. The SMILES string of the molecule is O=C(Nc1ccc(Br)cc1)C(Cc1ccccc1)n1cnnn1. The van der Waals surface area contributed by atoms with Gasteiger partial charge in [-0.3, -0.25) is 4.79 Å². The van der Waals surface area contributed by atoms with Crippen LogP contribution in [0.3, 0.4) is 0 Å². The van der Waals surface area contributed by atoms with E-state index in [1.54, 1.807) is 0 Å². The Labute approximate surface area is 141 Å². The Morgan fingerprint density at radius 2 is 1.87 bits per heavy atom. The van der Waals surface area contributed by atoms with Gasteiger partial charge >= 0.3 is 0 Å². The Morgan fingerprint density at radius 1 is 1.13 bits per heavy atom. The average molecular weight is 372 g/mol. The molecule has 1 amide bonds. The summed E-state index contributed by atoms with van der Waals surface area (Å²) in [6.07, 6.45) is 1.96. The van der Waals surface area contributed by atoms with Crippen molar-refractivity contribution in [3.8, 4) is 0 Å². The molecule has 23 heavy (non-hydrogen) atoms. The Kier molecular flexibility index (Phi) is 4.77. The number of carbonyl (C=O) groups is 1. The van der Waals surface area contributed by atoms with Crippen LogP contribution in [0.15, 0.2) is 65.4 Å². The van der Waals surface area contributed by atoms with E-state index in [9.17, 15) is 4.79 Å². The molecule has 0 aliphatic heterocycles. The van der Waals surface area contributed by atoms with Crippen molar-refractivity contribution in [2.45, 2.75) is 12.5 Å². The molecule has 1 atom stereocenters. The molecule has 1 unspecified atom stereocenters. The lowest BCUT2D eigenvalue weighted by Crippen LogP contribution is -2.28. The van der Waals surface area contributed by atoms with E-state index in [-0.39, 0.29) is 5.91 Å². The first-order valence-corrected chi connectivity index (χ1v) is 7.84. The van der Waals surface area contributed by atoms with E-state index < -0.39 is 6.04 Å². The lowest BCUT2D eigenvalue weighted by molar-refractivity contribution is -0.119. The largest absolute Gasteiger partial charge is 0.324 e. The van der Waals surface area contributed by atoms with Gasteiger partial charge in [-0.25, -0.2) is 4.68 Å². The minimum atomic E-state index is -0.518. The highest BCUT2D eigenvalue weighted by molar-refractivity contribution is 9.10. The molecule has 0 radical (unpaired) electrons. The van der Waals surface area contributed by atoms with Crippen molar-refractivity contribution in [2.24, 2.45) is 0 Å². The molecule has 0 saturated carbocycles. The molecular formula is C16H14BrN5O. The molecule has 0 aliphatic rings. The van der Waals surface area contributed by atoms with Crippen molar-refractivity contribution < 1.29 is 4.79 Å². The standard InChI is InChI=1S/C16H14BrN5O/c17-13-6-8-14(9-7-13)19-16(23)15(22-11-18-20-21-22)10-12-4-2-1-3-5-12/h1-9,11,15H,10H2,(H,19,23). The zero-order valence-corrected chi connectivity index (χ0v) is 13.7. The summed E-state index contributed by atoms with van der Waals surface area (Å²) in [6.45, 7) is 0. The fourth-order valence-electron chi connectivity index (χ4n) is 2.21.